The van der Waals surface area contributed by atoms with Crippen molar-refractivity contribution >= 4 is 17.8 Å². The minimum Gasteiger partial charge on any atom is -0.474 e. The maximum absolute atomic E-state index is 12.4. The third-order valence-electron chi connectivity index (χ3n) is 5.72. The molecule has 4 rings (SSSR count). The van der Waals surface area contributed by atoms with Gasteiger partial charge in [-0.2, -0.15) is 0 Å². The summed E-state index contributed by atoms with van der Waals surface area (Å²) >= 11 is 0. The van der Waals surface area contributed by atoms with Gasteiger partial charge >= 0.3 is 6.03 Å². The molecule has 2 aliphatic carbocycles. The van der Waals surface area contributed by atoms with Crippen LogP contribution in [-0.4, -0.2) is 59.6 Å². The molecule has 1 aliphatic heterocycles. The molecule has 9 nitrogen and oxygen atoms in total. The van der Waals surface area contributed by atoms with Gasteiger partial charge in [-0.15, -0.1) is 0 Å². The van der Waals surface area contributed by atoms with Crippen molar-refractivity contribution in [1.29, 1.82) is 0 Å². The minimum atomic E-state index is -0.590. The largest absolute Gasteiger partial charge is 0.474 e. The number of nitrogens with two attached hydrogens (primary N) is 1. The Morgan fingerprint density at radius 1 is 1.37 bits per heavy atom. The maximum Gasteiger partial charge on any atom is 0.325 e. The third-order valence-corrected chi connectivity index (χ3v) is 5.72. The number of amides is 4. The number of hydrogen-bond acceptors (Lipinski definition) is 6. The van der Waals surface area contributed by atoms with Crippen LogP contribution in [0.2, 0.25) is 0 Å². The summed E-state index contributed by atoms with van der Waals surface area (Å²) in [7, 11) is 1.50. The summed E-state index contributed by atoms with van der Waals surface area (Å²) < 4.78 is 10.8. The van der Waals surface area contributed by atoms with Crippen molar-refractivity contribution in [1.82, 2.24) is 15.2 Å². The molecule has 27 heavy (non-hydrogen) atoms. The number of ether oxygens (including phenoxy) is 2. The first-order valence-electron chi connectivity index (χ1n) is 8.96. The van der Waals surface area contributed by atoms with Gasteiger partial charge in [-0.25, -0.2) is 9.78 Å². The van der Waals surface area contributed by atoms with E-state index in [1.54, 1.807) is 18.3 Å². The van der Waals surface area contributed by atoms with Crippen molar-refractivity contribution in [3.63, 3.8) is 0 Å². The van der Waals surface area contributed by atoms with E-state index < -0.39 is 11.9 Å². The molecule has 2 saturated carbocycles. The second kappa shape index (κ2) is 6.49. The Hall–Kier alpha value is -2.68. The van der Waals surface area contributed by atoms with E-state index in [9.17, 15) is 14.4 Å². The Morgan fingerprint density at radius 2 is 2.11 bits per heavy atom. The van der Waals surface area contributed by atoms with Crippen LogP contribution in [0.5, 0.6) is 5.88 Å². The zero-order valence-electron chi connectivity index (χ0n) is 15.0. The third kappa shape index (κ3) is 3.01. The van der Waals surface area contributed by atoms with Gasteiger partial charge in [0.05, 0.1) is 6.61 Å². The van der Waals surface area contributed by atoms with E-state index in [4.69, 9.17) is 15.2 Å². The summed E-state index contributed by atoms with van der Waals surface area (Å²) in [6, 6.07) is 2.23. The van der Waals surface area contributed by atoms with E-state index in [0.29, 0.717) is 0 Å². The molecular weight excluding hydrogens is 352 g/mol. The summed E-state index contributed by atoms with van der Waals surface area (Å²) in [4.78, 5) is 41.3. The molecule has 0 radical (unpaired) electrons. The SMILES string of the molecule is COC[C@@H]1NC(=O)N([C@H]2CC3(C[C@H](Oc4ncccc4C(N)=O)C3)C2)C1=O. The van der Waals surface area contributed by atoms with Crippen LogP contribution in [0.25, 0.3) is 0 Å². The van der Waals surface area contributed by atoms with Crippen molar-refractivity contribution < 1.29 is 23.9 Å². The number of methoxy groups -OCH3 is 1. The first-order valence-corrected chi connectivity index (χ1v) is 8.96. The highest BCUT2D eigenvalue weighted by atomic mass is 16.5. The molecule has 0 bridgehead atoms. The van der Waals surface area contributed by atoms with E-state index in [-0.39, 0.29) is 47.5 Å². The van der Waals surface area contributed by atoms with E-state index in [1.807, 2.05) is 0 Å². The number of nitrogens with zero attached hydrogens (tertiary/aromatic N) is 2. The van der Waals surface area contributed by atoms with Crippen LogP contribution < -0.4 is 15.8 Å². The fraction of sp³-hybridized carbons (Fsp3) is 0.556. The Kier molecular flexibility index (Phi) is 4.26. The number of urea groups is 1. The van der Waals surface area contributed by atoms with E-state index >= 15 is 0 Å². The van der Waals surface area contributed by atoms with Gasteiger partial charge in [-0.05, 0) is 43.2 Å². The molecule has 4 amide bonds. The minimum absolute atomic E-state index is 0.0386. The zero-order valence-corrected chi connectivity index (χ0v) is 15.0. The molecule has 1 aromatic rings. The van der Waals surface area contributed by atoms with E-state index in [1.165, 1.54) is 12.0 Å². The number of carbonyl (C=O) groups is 3. The first-order chi connectivity index (χ1) is 12.9. The van der Waals surface area contributed by atoms with Crippen LogP contribution in [0.15, 0.2) is 18.3 Å². The van der Waals surface area contributed by atoms with E-state index in [0.717, 1.165) is 25.7 Å². The molecular formula is C18H22N4O5. The lowest BCUT2D eigenvalue weighted by molar-refractivity contribution is -0.141. The van der Waals surface area contributed by atoms with Gasteiger partial charge in [0.25, 0.3) is 11.8 Å². The van der Waals surface area contributed by atoms with Crippen LogP contribution >= 0.6 is 0 Å². The average molecular weight is 374 g/mol. The fourth-order valence-electron chi connectivity index (χ4n) is 4.45. The summed E-state index contributed by atoms with van der Waals surface area (Å²) in [5.41, 5.74) is 5.71. The van der Waals surface area contributed by atoms with Crippen molar-refractivity contribution in [2.75, 3.05) is 13.7 Å². The van der Waals surface area contributed by atoms with E-state index in [2.05, 4.69) is 10.3 Å². The summed E-state index contributed by atoms with van der Waals surface area (Å²) in [5, 5.41) is 2.66. The maximum atomic E-state index is 12.4. The lowest BCUT2D eigenvalue weighted by atomic mass is 9.52. The average Bonchev–Trinajstić information content (AvgIpc) is 2.83. The summed E-state index contributed by atoms with van der Waals surface area (Å²) in [6.45, 7) is 0.182. The van der Waals surface area contributed by atoms with Crippen molar-refractivity contribution in [2.45, 2.75) is 43.9 Å². The Bertz CT molecular complexity index is 784. The molecule has 144 valence electrons. The lowest BCUT2D eigenvalue weighted by Gasteiger charge is -2.58. The van der Waals surface area contributed by atoms with Crippen LogP contribution in [0.4, 0.5) is 4.79 Å². The number of primary amides is 1. The second-order valence-corrected chi connectivity index (χ2v) is 7.60. The lowest BCUT2D eigenvalue weighted by Crippen LogP contribution is -2.60. The molecule has 0 aromatic carbocycles. The standard InChI is InChI=1S/C18H22N4O5/c1-26-9-13-16(24)22(17(25)21-13)10-5-18(6-10)7-11(8-18)27-15-12(14(19)23)3-2-4-20-15/h2-4,10-11,13H,5-9H2,1H3,(H2,19,23)(H,21,25)/t10-,11-,13-,18?/m0/s1. The highest BCUT2D eigenvalue weighted by Crippen LogP contribution is 2.58. The van der Waals surface area contributed by atoms with Gasteiger partial charge in [-0.3, -0.25) is 14.5 Å². The van der Waals surface area contributed by atoms with Gasteiger partial charge in [0.15, 0.2) is 0 Å². The quantitative estimate of drug-likeness (QED) is 0.696. The zero-order chi connectivity index (χ0) is 19.2. The van der Waals surface area contributed by atoms with Gasteiger partial charge in [-0.1, -0.05) is 0 Å². The smallest absolute Gasteiger partial charge is 0.325 e. The Labute approximate surface area is 156 Å². The molecule has 1 atom stereocenters. The predicted molar refractivity (Wildman–Crippen MR) is 92.9 cm³/mol. The number of imide groups is 1. The molecule has 1 aromatic heterocycles. The molecule has 1 saturated heterocycles. The van der Waals surface area contributed by atoms with Crippen LogP contribution in [0.1, 0.15) is 36.0 Å². The summed E-state index contributed by atoms with van der Waals surface area (Å²) in [5.74, 6) is -0.523. The molecule has 3 N–H and O–H groups in total. The molecule has 3 fully saturated rings. The predicted octanol–water partition coefficient (Wildman–Crippen LogP) is 0.437. The highest BCUT2D eigenvalue weighted by Gasteiger charge is 2.58. The Morgan fingerprint density at radius 3 is 2.78 bits per heavy atom. The number of carbonyl (C=O) groups excluding carboxylic acids is 3. The number of aromatic nitrogens is 1. The van der Waals surface area contributed by atoms with Crippen molar-refractivity contribution in [2.24, 2.45) is 11.1 Å². The second-order valence-electron chi connectivity index (χ2n) is 7.60. The molecule has 3 aliphatic rings. The first kappa shape index (κ1) is 17.7. The van der Waals surface area contributed by atoms with Gasteiger partial charge in [0.1, 0.15) is 17.7 Å². The van der Waals surface area contributed by atoms with Crippen LogP contribution in [-0.2, 0) is 9.53 Å². The number of hydrogen-bond donors (Lipinski definition) is 2. The van der Waals surface area contributed by atoms with Crippen LogP contribution in [0, 0.1) is 5.41 Å². The molecule has 9 heteroatoms. The monoisotopic (exact) mass is 374 g/mol. The normalized spacial score (nSPS) is 32.0. The van der Waals surface area contributed by atoms with Crippen molar-refractivity contribution in [3.8, 4) is 5.88 Å². The number of pyridine rings is 1. The van der Waals surface area contributed by atoms with Crippen molar-refractivity contribution in [3.05, 3.63) is 23.9 Å². The van der Waals surface area contributed by atoms with Gasteiger partial charge in [0, 0.05) is 19.3 Å². The number of rotatable bonds is 6. The van der Waals surface area contributed by atoms with Gasteiger partial charge < -0.3 is 20.5 Å². The van der Waals surface area contributed by atoms with Gasteiger partial charge in [0.2, 0.25) is 5.88 Å². The summed E-state index contributed by atoms with van der Waals surface area (Å²) in [6.07, 6.45) is 4.69. The topological polar surface area (TPSA) is 124 Å². The fourth-order valence-corrected chi connectivity index (χ4v) is 4.45. The molecule has 1 spiro atoms. The highest BCUT2D eigenvalue weighted by molar-refractivity contribution is 6.04. The Balaban J connectivity index is 1.31. The van der Waals surface area contributed by atoms with Crippen LogP contribution in [0.3, 0.4) is 0 Å². The number of nitrogens with one attached hydrogen (secondary N) is 1. The molecule has 0 unspecified atom stereocenters. The molecule has 2 heterocycles.